The van der Waals surface area contributed by atoms with Crippen molar-refractivity contribution in [3.8, 4) is 0 Å². The number of nitrogens with zero attached hydrogens (tertiary/aromatic N) is 2. The number of amides is 2. The number of urea groups is 1. The summed E-state index contributed by atoms with van der Waals surface area (Å²) in [6.45, 7) is 3.82. The molecule has 4 rings (SSSR count). The molecule has 7 N–H and O–H groups in total. The number of aliphatic hydroxyl groups excluding tert-OH is 1. The minimum atomic E-state index is -3.77. The van der Waals surface area contributed by atoms with Gasteiger partial charge in [0.15, 0.2) is 5.03 Å². The number of aliphatic imine (C=N–C) groups is 1. The second-order valence-corrected chi connectivity index (χ2v) is 11.1. The van der Waals surface area contributed by atoms with E-state index in [2.05, 4.69) is 27.2 Å². The first-order valence-corrected chi connectivity index (χ1v) is 12.6. The van der Waals surface area contributed by atoms with Gasteiger partial charge in [-0.25, -0.2) is 23.2 Å². The summed E-state index contributed by atoms with van der Waals surface area (Å²) in [5, 5.41) is 14.8. The molecule has 0 radical (unpaired) electrons. The van der Waals surface area contributed by atoms with Gasteiger partial charge in [0.2, 0.25) is 9.84 Å². The Kier molecular flexibility index (Phi) is 6.39. The summed E-state index contributed by atoms with van der Waals surface area (Å²) in [5.74, 6) is 0.0234. The maximum atomic E-state index is 13.1. The topological polar surface area (TPSA) is 173 Å². The lowest BCUT2D eigenvalue weighted by molar-refractivity contribution is 0.217. The fourth-order valence-corrected chi connectivity index (χ4v) is 5.56. The number of aliphatic hydroxyl groups is 1. The van der Waals surface area contributed by atoms with Gasteiger partial charge in [-0.15, -0.1) is 0 Å². The highest BCUT2D eigenvalue weighted by molar-refractivity contribution is 7.93. The minimum absolute atomic E-state index is 0.0234. The summed E-state index contributed by atoms with van der Waals surface area (Å²) in [4.78, 5) is 20.3. The van der Waals surface area contributed by atoms with Gasteiger partial charge in [-0.05, 0) is 55.5 Å². The second kappa shape index (κ2) is 9.16. The monoisotopic (exact) mass is 496 g/mol. The first-order chi connectivity index (χ1) is 16.6. The molecule has 0 unspecified atom stereocenters. The largest absolute Gasteiger partial charge is 0.401 e. The third-order valence-electron chi connectivity index (χ3n) is 6.24. The van der Waals surface area contributed by atoms with Crippen molar-refractivity contribution >= 4 is 33.1 Å². The smallest absolute Gasteiger partial charge is 0.319 e. The molecule has 2 aliphatic rings. The number of benzene rings is 1. The van der Waals surface area contributed by atoms with Crippen LogP contribution in [0.2, 0.25) is 0 Å². The van der Waals surface area contributed by atoms with Crippen LogP contribution in [0.1, 0.15) is 31.2 Å². The molecule has 2 amide bonds. The number of pyridine rings is 1. The molecule has 1 aromatic carbocycles. The molecule has 1 aromatic heterocycles. The number of sulfone groups is 1. The van der Waals surface area contributed by atoms with E-state index in [-0.39, 0.29) is 29.2 Å². The van der Waals surface area contributed by atoms with Gasteiger partial charge in [0, 0.05) is 23.7 Å². The van der Waals surface area contributed by atoms with E-state index in [1.54, 1.807) is 36.4 Å². The van der Waals surface area contributed by atoms with Gasteiger partial charge in [0.25, 0.3) is 0 Å². The Morgan fingerprint density at radius 3 is 2.37 bits per heavy atom. The molecule has 0 bridgehead atoms. The Hall–Kier alpha value is -3.70. The number of amidine groups is 1. The molecule has 2 aromatic rings. The molecule has 1 heterocycles. The Balaban J connectivity index is 1.42. The van der Waals surface area contributed by atoms with E-state index in [0.29, 0.717) is 29.8 Å². The maximum absolute atomic E-state index is 13.1. The zero-order chi connectivity index (χ0) is 25.3. The Labute approximate surface area is 203 Å². The van der Waals surface area contributed by atoms with E-state index in [0.717, 1.165) is 12.8 Å². The number of hydrogen-bond donors (Lipinski definition) is 5. The third-order valence-corrected chi connectivity index (χ3v) is 8.70. The molecule has 0 aliphatic heterocycles. The summed E-state index contributed by atoms with van der Waals surface area (Å²) >= 11 is 0. The van der Waals surface area contributed by atoms with Gasteiger partial charge < -0.3 is 27.2 Å². The van der Waals surface area contributed by atoms with Crippen LogP contribution in [0.25, 0.3) is 5.70 Å². The highest BCUT2D eigenvalue weighted by Crippen LogP contribution is 2.50. The predicted molar refractivity (Wildman–Crippen MR) is 134 cm³/mol. The standard InChI is InChI=1S/C24H28N6O4S/c1-16(17-5-7-18(8-6-17)29-22(32)30-23(15-31)9-10-23)28-20(26)14-19(25)24(11-12-24)35(33,34)21-4-2-3-13-27-21/h2-8,13-14,31H,1,9-12,15,25H2,(H2,26,28)(H2,29,30,32)/b19-14-. The molecule has 0 atom stereocenters. The van der Waals surface area contributed by atoms with Crippen LogP contribution in [0.15, 0.2) is 77.0 Å². The van der Waals surface area contributed by atoms with Crippen LogP contribution in [0.4, 0.5) is 10.5 Å². The summed E-state index contributed by atoms with van der Waals surface area (Å²) < 4.78 is 24.9. The Bertz CT molecular complexity index is 1300. The molecular weight excluding hydrogens is 468 g/mol. The normalized spacial score (nSPS) is 18.4. The summed E-state index contributed by atoms with van der Waals surface area (Å²) in [7, 11) is -3.77. The zero-order valence-corrected chi connectivity index (χ0v) is 19.9. The van der Waals surface area contributed by atoms with E-state index < -0.39 is 20.1 Å². The molecule has 0 spiro atoms. The lowest BCUT2D eigenvalue weighted by atomic mass is 10.1. The third kappa shape index (κ3) is 5.05. The van der Waals surface area contributed by atoms with E-state index in [9.17, 15) is 18.3 Å². The minimum Gasteiger partial charge on any atom is -0.401 e. The average molecular weight is 497 g/mol. The van der Waals surface area contributed by atoms with Crippen LogP contribution >= 0.6 is 0 Å². The van der Waals surface area contributed by atoms with Gasteiger partial charge in [-0.3, -0.25) is 0 Å². The van der Waals surface area contributed by atoms with Crippen LogP contribution in [0.3, 0.4) is 0 Å². The quantitative estimate of drug-likeness (QED) is 0.260. The van der Waals surface area contributed by atoms with Crippen molar-refractivity contribution in [3.63, 3.8) is 0 Å². The van der Waals surface area contributed by atoms with Crippen molar-refractivity contribution in [1.82, 2.24) is 10.3 Å². The van der Waals surface area contributed by atoms with Crippen LogP contribution in [-0.4, -0.2) is 47.3 Å². The van der Waals surface area contributed by atoms with Gasteiger partial charge in [-0.2, -0.15) is 0 Å². The molecule has 10 nitrogen and oxygen atoms in total. The SMILES string of the molecule is C=C(N=C(N)/C=C(\N)C1(S(=O)(=O)c2ccccn2)CC1)c1ccc(NC(=O)NC2(CO)CC2)cc1. The maximum Gasteiger partial charge on any atom is 0.319 e. The van der Waals surface area contributed by atoms with Crippen LogP contribution in [0.5, 0.6) is 0 Å². The van der Waals surface area contributed by atoms with Crippen molar-refractivity contribution in [2.75, 3.05) is 11.9 Å². The molecular formula is C24H28N6O4S. The highest BCUT2D eigenvalue weighted by Gasteiger charge is 2.57. The van der Waals surface area contributed by atoms with Crippen molar-refractivity contribution in [2.24, 2.45) is 16.5 Å². The molecule has 35 heavy (non-hydrogen) atoms. The summed E-state index contributed by atoms with van der Waals surface area (Å²) in [6.07, 6.45) is 5.05. The summed E-state index contributed by atoms with van der Waals surface area (Å²) in [6, 6.07) is 11.1. The molecule has 2 aliphatic carbocycles. The Morgan fingerprint density at radius 1 is 1.14 bits per heavy atom. The van der Waals surface area contributed by atoms with E-state index >= 15 is 0 Å². The van der Waals surface area contributed by atoms with Crippen LogP contribution in [0, 0.1) is 0 Å². The van der Waals surface area contributed by atoms with E-state index in [1.807, 2.05) is 0 Å². The van der Waals surface area contributed by atoms with E-state index in [1.165, 1.54) is 18.3 Å². The van der Waals surface area contributed by atoms with Crippen molar-refractivity contribution < 1.29 is 18.3 Å². The number of carbonyl (C=O) groups excluding carboxylic acids is 1. The molecule has 2 saturated carbocycles. The van der Waals surface area contributed by atoms with E-state index in [4.69, 9.17) is 11.5 Å². The number of hydrogen-bond acceptors (Lipinski definition) is 7. The highest BCUT2D eigenvalue weighted by atomic mass is 32.2. The van der Waals surface area contributed by atoms with Gasteiger partial charge in [0.05, 0.1) is 17.8 Å². The van der Waals surface area contributed by atoms with Gasteiger partial charge in [-0.1, -0.05) is 24.8 Å². The lowest BCUT2D eigenvalue weighted by Gasteiger charge is -2.16. The number of anilines is 1. The fourth-order valence-electron chi connectivity index (χ4n) is 3.70. The van der Waals surface area contributed by atoms with Gasteiger partial charge >= 0.3 is 6.03 Å². The Morgan fingerprint density at radius 2 is 1.83 bits per heavy atom. The molecule has 2 fully saturated rings. The predicted octanol–water partition coefficient (Wildman–Crippen LogP) is 1.90. The van der Waals surface area contributed by atoms with Crippen LogP contribution < -0.4 is 22.1 Å². The fraction of sp³-hybridized carbons (Fsp3) is 0.292. The second-order valence-electron chi connectivity index (χ2n) is 8.84. The van der Waals surface area contributed by atoms with Crippen molar-refractivity contribution in [2.45, 2.75) is 41.0 Å². The van der Waals surface area contributed by atoms with Crippen molar-refractivity contribution in [3.05, 3.63) is 72.6 Å². The number of rotatable bonds is 9. The lowest BCUT2D eigenvalue weighted by Crippen LogP contribution is -2.42. The number of nitrogens with one attached hydrogen (secondary N) is 2. The molecule has 11 heteroatoms. The summed E-state index contributed by atoms with van der Waals surface area (Å²) in [5.41, 5.74) is 13.4. The zero-order valence-electron chi connectivity index (χ0n) is 19.1. The first-order valence-electron chi connectivity index (χ1n) is 11.1. The molecule has 184 valence electrons. The van der Waals surface area contributed by atoms with Crippen molar-refractivity contribution in [1.29, 1.82) is 0 Å². The van der Waals surface area contributed by atoms with Gasteiger partial charge in [0.1, 0.15) is 10.6 Å². The first kappa shape index (κ1) is 24.4. The number of nitrogens with two attached hydrogens (primary N) is 2. The molecule has 0 saturated heterocycles. The average Bonchev–Trinajstić information content (AvgIpc) is 3.75. The number of aromatic nitrogens is 1. The van der Waals surface area contributed by atoms with Crippen LogP contribution in [-0.2, 0) is 9.84 Å². The number of carbonyl (C=O) groups is 1.